The molecule has 0 aliphatic carbocycles. The van der Waals surface area contributed by atoms with Crippen LogP contribution >= 0.6 is 11.6 Å². The maximum atomic E-state index is 13.4. The first kappa shape index (κ1) is 22.6. The number of benzene rings is 2. The lowest BCUT2D eigenvalue weighted by atomic mass is 9.94. The topological polar surface area (TPSA) is 84.9 Å². The molecule has 3 N–H and O–H groups in total. The first-order chi connectivity index (χ1) is 15.4. The molecular weight excluding hydrogens is 428 g/mol. The Hall–Kier alpha value is -2.61. The molecule has 0 saturated carbocycles. The number of rotatable bonds is 6. The minimum atomic E-state index is -2.19. The summed E-state index contributed by atoms with van der Waals surface area (Å²) in [5, 5.41) is 17.8. The fourth-order valence-corrected chi connectivity index (χ4v) is 4.49. The van der Waals surface area contributed by atoms with E-state index in [-0.39, 0.29) is 0 Å². The molecule has 2 heterocycles. The quantitative estimate of drug-likeness (QED) is 0.577. The molecule has 2 aromatic carbocycles. The van der Waals surface area contributed by atoms with E-state index in [0.717, 1.165) is 36.9 Å². The summed E-state index contributed by atoms with van der Waals surface area (Å²) in [7, 11) is 0. The summed E-state index contributed by atoms with van der Waals surface area (Å²) in [5.41, 5.74) is -1.10. The lowest BCUT2D eigenvalue weighted by molar-refractivity contribution is -0.140. The van der Waals surface area contributed by atoms with Crippen LogP contribution in [0.25, 0.3) is 0 Å². The summed E-state index contributed by atoms with van der Waals surface area (Å²) >= 11 is 5.99. The number of carbonyl (C=O) groups excluding carboxylic acids is 2. The van der Waals surface area contributed by atoms with Gasteiger partial charge in [-0.15, -0.1) is 0 Å². The van der Waals surface area contributed by atoms with Crippen LogP contribution in [0.3, 0.4) is 0 Å². The van der Waals surface area contributed by atoms with Gasteiger partial charge < -0.3 is 20.6 Å². The average molecular weight is 457 g/mol. The molecule has 0 bridgehead atoms. The molecule has 0 spiro atoms. The molecule has 2 aliphatic heterocycles. The van der Waals surface area contributed by atoms with E-state index in [1.54, 1.807) is 48.5 Å². The number of nitrogens with one attached hydrogen (secondary N) is 2. The maximum Gasteiger partial charge on any atom is 0.329 e. The fraction of sp³-hybridized carbons (Fsp3) is 0.417. The second kappa shape index (κ2) is 9.48. The Balaban J connectivity index is 1.52. The molecule has 1 saturated heterocycles. The van der Waals surface area contributed by atoms with Gasteiger partial charge in [0.25, 0.3) is 11.6 Å². The third-order valence-corrected chi connectivity index (χ3v) is 6.54. The highest BCUT2D eigenvalue weighted by molar-refractivity contribution is 6.30. The van der Waals surface area contributed by atoms with E-state index in [9.17, 15) is 14.7 Å². The number of nitrogens with zero attached hydrogens (tertiary/aromatic N) is 2. The highest BCUT2D eigenvalue weighted by atomic mass is 35.5. The number of fused-ring (bicyclic) bond motifs is 1. The minimum Gasteiger partial charge on any atom is -0.359 e. The van der Waals surface area contributed by atoms with Crippen molar-refractivity contribution in [3.63, 3.8) is 0 Å². The van der Waals surface area contributed by atoms with Gasteiger partial charge in [-0.3, -0.25) is 9.69 Å². The van der Waals surface area contributed by atoms with Crippen LogP contribution in [0.4, 0.5) is 16.2 Å². The van der Waals surface area contributed by atoms with Gasteiger partial charge in [-0.25, -0.2) is 4.79 Å². The van der Waals surface area contributed by atoms with Crippen LogP contribution in [0.1, 0.15) is 31.7 Å². The van der Waals surface area contributed by atoms with Crippen LogP contribution in [-0.2, 0) is 10.5 Å². The van der Waals surface area contributed by atoms with Crippen LogP contribution in [0, 0.1) is 5.92 Å². The number of amides is 3. The zero-order valence-corrected chi connectivity index (χ0v) is 18.9. The Morgan fingerprint density at radius 1 is 1.19 bits per heavy atom. The molecule has 0 radical (unpaired) electrons. The number of carbonyl (C=O) groups is 2. The van der Waals surface area contributed by atoms with Crippen molar-refractivity contribution in [1.29, 1.82) is 0 Å². The lowest BCUT2D eigenvalue weighted by Crippen LogP contribution is -2.62. The van der Waals surface area contributed by atoms with Crippen LogP contribution in [-0.4, -0.2) is 48.1 Å². The Bertz CT molecular complexity index is 975. The Labute approximate surface area is 193 Å². The predicted molar refractivity (Wildman–Crippen MR) is 126 cm³/mol. The summed E-state index contributed by atoms with van der Waals surface area (Å²) in [5.74, 6) is 0.138. The second-order valence-corrected chi connectivity index (χ2v) is 9.03. The van der Waals surface area contributed by atoms with Crippen molar-refractivity contribution < 1.29 is 14.7 Å². The first-order valence-corrected chi connectivity index (χ1v) is 11.5. The predicted octanol–water partition coefficient (Wildman–Crippen LogP) is 3.78. The first-order valence-electron chi connectivity index (χ1n) is 11.1. The summed E-state index contributed by atoms with van der Waals surface area (Å²) < 4.78 is 0. The van der Waals surface area contributed by atoms with E-state index in [1.165, 1.54) is 12.8 Å². The van der Waals surface area contributed by atoms with Crippen LogP contribution in [0.2, 0.25) is 5.02 Å². The number of hydrogen-bond acceptors (Lipinski definition) is 4. The summed E-state index contributed by atoms with van der Waals surface area (Å²) in [6.45, 7) is 5.74. The fourth-order valence-electron chi connectivity index (χ4n) is 4.37. The van der Waals surface area contributed by atoms with Crippen molar-refractivity contribution in [3.8, 4) is 0 Å². The van der Waals surface area contributed by atoms with Gasteiger partial charge in [-0.1, -0.05) is 36.7 Å². The molecule has 1 fully saturated rings. The molecule has 0 aromatic heterocycles. The van der Waals surface area contributed by atoms with E-state index < -0.39 is 17.7 Å². The number of urea groups is 1. The third kappa shape index (κ3) is 4.46. The molecule has 170 valence electrons. The molecule has 32 heavy (non-hydrogen) atoms. The van der Waals surface area contributed by atoms with Gasteiger partial charge in [0.1, 0.15) is 0 Å². The lowest BCUT2D eigenvalue weighted by Gasteiger charge is -2.42. The van der Waals surface area contributed by atoms with Crippen molar-refractivity contribution in [1.82, 2.24) is 10.2 Å². The third-order valence-electron chi connectivity index (χ3n) is 6.29. The molecule has 3 amide bonds. The normalized spacial score (nSPS) is 21.7. The maximum absolute atomic E-state index is 13.4. The van der Waals surface area contributed by atoms with Gasteiger partial charge in [0.2, 0.25) is 0 Å². The van der Waals surface area contributed by atoms with Gasteiger partial charge in [-0.2, -0.15) is 0 Å². The van der Waals surface area contributed by atoms with Gasteiger partial charge >= 0.3 is 6.03 Å². The molecule has 1 unspecified atom stereocenters. The molecule has 2 aromatic rings. The smallest absolute Gasteiger partial charge is 0.329 e. The van der Waals surface area contributed by atoms with Crippen molar-refractivity contribution >= 4 is 34.9 Å². The molecule has 7 nitrogen and oxygen atoms in total. The van der Waals surface area contributed by atoms with Gasteiger partial charge in [0, 0.05) is 22.8 Å². The molecule has 4 rings (SSSR count). The van der Waals surface area contributed by atoms with Crippen molar-refractivity contribution in [3.05, 3.63) is 59.1 Å². The zero-order valence-electron chi connectivity index (χ0n) is 18.2. The number of hydrogen-bond donors (Lipinski definition) is 3. The molecule has 2 aliphatic rings. The number of aliphatic hydroxyl groups is 1. The van der Waals surface area contributed by atoms with Gasteiger partial charge in [0.05, 0.1) is 5.69 Å². The van der Waals surface area contributed by atoms with Gasteiger partial charge in [-0.05, 0) is 75.1 Å². The van der Waals surface area contributed by atoms with Crippen LogP contribution < -0.4 is 15.5 Å². The molecule has 8 heteroatoms. The largest absolute Gasteiger partial charge is 0.359 e. The average Bonchev–Trinajstić information content (AvgIpc) is 2.79. The number of para-hydroxylation sites is 1. The SMILES string of the molecule is CC1CCN(CCCNC(=O)C2(O)c3ccccc3NC(=O)N2c2ccc(Cl)cc2)CC1. The van der Waals surface area contributed by atoms with E-state index in [1.807, 2.05) is 0 Å². The number of piperidine rings is 1. The van der Waals surface area contributed by atoms with E-state index in [4.69, 9.17) is 11.6 Å². The van der Waals surface area contributed by atoms with Gasteiger partial charge in [0.15, 0.2) is 0 Å². The van der Waals surface area contributed by atoms with Crippen LogP contribution in [0.5, 0.6) is 0 Å². The molecule has 1 atom stereocenters. The monoisotopic (exact) mass is 456 g/mol. The summed E-state index contributed by atoms with van der Waals surface area (Å²) in [4.78, 5) is 29.8. The number of anilines is 2. The highest BCUT2D eigenvalue weighted by Crippen LogP contribution is 2.39. The summed E-state index contributed by atoms with van der Waals surface area (Å²) in [6.07, 6.45) is 3.17. The Morgan fingerprint density at radius 3 is 2.59 bits per heavy atom. The van der Waals surface area contributed by atoms with E-state index in [2.05, 4.69) is 22.5 Å². The standard InChI is InChI=1S/C24H29ClN4O3/c1-17-11-15-28(16-12-17)14-4-13-26-22(30)24(32)20-5-2-3-6-21(20)27-23(31)29(24)19-9-7-18(25)8-10-19/h2-3,5-10,17,32H,4,11-16H2,1H3,(H,26,30)(H,27,31). The highest BCUT2D eigenvalue weighted by Gasteiger charge is 2.51. The Kier molecular flexibility index (Phi) is 6.69. The van der Waals surface area contributed by atoms with Crippen molar-refractivity contribution in [2.24, 2.45) is 5.92 Å². The zero-order chi connectivity index (χ0) is 22.7. The Morgan fingerprint density at radius 2 is 1.88 bits per heavy atom. The van der Waals surface area contributed by atoms with Crippen LogP contribution in [0.15, 0.2) is 48.5 Å². The number of halogens is 1. The molecular formula is C24H29ClN4O3. The second-order valence-electron chi connectivity index (χ2n) is 8.59. The van der Waals surface area contributed by atoms with E-state index >= 15 is 0 Å². The van der Waals surface area contributed by atoms with E-state index in [0.29, 0.717) is 28.5 Å². The number of likely N-dealkylation sites (tertiary alicyclic amines) is 1. The summed E-state index contributed by atoms with van der Waals surface area (Å²) in [6, 6.07) is 12.6. The van der Waals surface area contributed by atoms with Crippen molar-refractivity contribution in [2.45, 2.75) is 31.9 Å². The van der Waals surface area contributed by atoms with Crippen molar-refractivity contribution in [2.75, 3.05) is 36.4 Å². The minimum absolute atomic E-state index is 0.317.